The van der Waals surface area contributed by atoms with Crippen LogP contribution >= 0.6 is 11.3 Å². The summed E-state index contributed by atoms with van der Waals surface area (Å²) in [5.74, 6) is 1.18. The fraction of sp³-hybridized carbons (Fsp3) is 0.667. The maximum atomic E-state index is 6.20. The predicted octanol–water partition coefficient (Wildman–Crippen LogP) is 3.06. The summed E-state index contributed by atoms with van der Waals surface area (Å²) in [6, 6.07) is 0.223. The minimum absolute atomic E-state index is 0.223. The molecule has 0 saturated carbocycles. The van der Waals surface area contributed by atoms with Gasteiger partial charge in [0.05, 0.1) is 5.69 Å². The highest BCUT2D eigenvalue weighted by atomic mass is 32.1. The van der Waals surface area contributed by atoms with E-state index in [4.69, 9.17) is 10.7 Å². The first kappa shape index (κ1) is 13.9. The second-order valence-corrected chi connectivity index (χ2v) is 6.58. The maximum absolute atomic E-state index is 6.20. The number of imidazole rings is 1. The van der Waals surface area contributed by atoms with E-state index < -0.39 is 0 Å². The van der Waals surface area contributed by atoms with Crippen molar-refractivity contribution in [2.24, 2.45) is 5.73 Å². The smallest absolute Gasteiger partial charge is 0.195 e. The largest absolute Gasteiger partial charge is 0.355 e. The number of rotatable bonds is 4. The third kappa shape index (κ3) is 2.69. The lowest BCUT2D eigenvalue weighted by Crippen LogP contribution is -2.28. The van der Waals surface area contributed by atoms with Gasteiger partial charge in [0.25, 0.3) is 0 Å². The summed E-state index contributed by atoms with van der Waals surface area (Å²) < 4.78 is 2.24. The molecule has 1 aliphatic rings. The number of hydrogen-bond acceptors (Lipinski definition) is 4. The molecule has 0 spiro atoms. The van der Waals surface area contributed by atoms with E-state index in [0.29, 0.717) is 0 Å². The van der Waals surface area contributed by atoms with Gasteiger partial charge < -0.3 is 10.6 Å². The van der Waals surface area contributed by atoms with Crippen LogP contribution in [-0.2, 0) is 6.42 Å². The Morgan fingerprint density at radius 3 is 2.75 bits per heavy atom. The lowest BCUT2D eigenvalue weighted by molar-refractivity contribution is 0.631. The van der Waals surface area contributed by atoms with E-state index in [1.807, 2.05) is 0 Å². The van der Waals surface area contributed by atoms with Crippen molar-refractivity contribution in [1.82, 2.24) is 9.38 Å². The van der Waals surface area contributed by atoms with Crippen molar-refractivity contribution in [3.8, 4) is 0 Å². The third-order valence-corrected chi connectivity index (χ3v) is 4.98. The van der Waals surface area contributed by atoms with Gasteiger partial charge in [-0.05, 0) is 19.3 Å². The first-order valence-electron chi connectivity index (χ1n) is 7.74. The fourth-order valence-corrected chi connectivity index (χ4v) is 3.67. The zero-order valence-corrected chi connectivity index (χ0v) is 13.0. The predicted molar refractivity (Wildman–Crippen MR) is 85.7 cm³/mol. The fourth-order valence-electron chi connectivity index (χ4n) is 2.94. The average Bonchev–Trinajstić information content (AvgIpc) is 2.92. The molecule has 0 amide bonds. The maximum Gasteiger partial charge on any atom is 0.195 e. The van der Waals surface area contributed by atoms with Gasteiger partial charge in [0, 0.05) is 37.1 Å². The molecule has 3 rings (SSSR count). The lowest BCUT2D eigenvalue weighted by Gasteiger charge is -2.22. The summed E-state index contributed by atoms with van der Waals surface area (Å²) in [6.45, 7) is 4.43. The van der Waals surface area contributed by atoms with Crippen LogP contribution in [0.2, 0.25) is 0 Å². The Morgan fingerprint density at radius 2 is 2.05 bits per heavy atom. The molecule has 3 heterocycles. The average molecular weight is 292 g/mol. The van der Waals surface area contributed by atoms with Crippen molar-refractivity contribution in [2.45, 2.75) is 51.5 Å². The van der Waals surface area contributed by atoms with E-state index in [0.717, 1.165) is 30.9 Å². The highest BCUT2D eigenvalue weighted by molar-refractivity contribution is 7.15. The number of thiazole rings is 1. The third-order valence-electron chi connectivity index (χ3n) is 4.23. The number of nitrogens with zero attached hydrogens (tertiary/aromatic N) is 3. The van der Waals surface area contributed by atoms with Gasteiger partial charge in [0.1, 0.15) is 0 Å². The number of aromatic nitrogens is 2. The molecule has 1 atom stereocenters. The molecular weight excluding hydrogens is 268 g/mol. The summed E-state index contributed by atoms with van der Waals surface area (Å²) in [6.07, 6.45) is 9.32. The Hall–Kier alpha value is -1.07. The van der Waals surface area contributed by atoms with Crippen molar-refractivity contribution < 1.29 is 0 Å². The highest BCUT2D eigenvalue weighted by Gasteiger charge is 2.21. The van der Waals surface area contributed by atoms with Gasteiger partial charge in [-0.3, -0.25) is 4.40 Å². The second kappa shape index (κ2) is 6.14. The van der Waals surface area contributed by atoms with Crippen molar-refractivity contribution in [3.63, 3.8) is 0 Å². The minimum Gasteiger partial charge on any atom is -0.355 e. The number of anilines is 1. The Labute approximate surface area is 124 Å². The van der Waals surface area contributed by atoms with Crippen LogP contribution in [0.3, 0.4) is 0 Å². The Bertz CT molecular complexity index is 551. The molecular formula is C15H24N4S. The van der Waals surface area contributed by atoms with Gasteiger partial charge in [-0.25, -0.2) is 4.98 Å². The zero-order valence-electron chi connectivity index (χ0n) is 12.2. The van der Waals surface area contributed by atoms with Crippen LogP contribution < -0.4 is 10.6 Å². The Morgan fingerprint density at radius 1 is 1.30 bits per heavy atom. The van der Waals surface area contributed by atoms with Crippen molar-refractivity contribution in [2.75, 3.05) is 18.0 Å². The van der Waals surface area contributed by atoms with E-state index in [-0.39, 0.29) is 6.04 Å². The number of hydrogen-bond donors (Lipinski definition) is 1. The molecule has 1 saturated heterocycles. The number of fused-ring (bicyclic) bond motifs is 1. The lowest BCUT2D eigenvalue weighted by atomic mass is 10.1. The van der Waals surface area contributed by atoms with E-state index in [1.54, 1.807) is 11.3 Å². The van der Waals surface area contributed by atoms with E-state index in [1.165, 1.54) is 37.2 Å². The SMILES string of the molecule is CCC(N)Cc1c(N2CCCCCC2)nc2sccn12. The first-order chi connectivity index (χ1) is 9.79. The first-order valence-corrected chi connectivity index (χ1v) is 8.62. The summed E-state index contributed by atoms with van der Waals surface area (Å²) in [7, 11) is 0. The molecule has 0 radical (unpaired) electrons. The van der Waals surface area contributed by atoms with Crippen LogP contribution in [0, 0.1) is 0 Å². The van der Waals surface area contributed by atoms with Gasteiger partial charge >= 0.3 is 0 Å². The van der Waals surface area contributed by atoms with Crippen LogP contribution in [0.5, 0.6) is 0 Å². The summed E-state index contributed by atoms with van der Waals surface area (Å²) in [4.78, 5) is 8.45. The summed E-state index contributed by atoms with van der Waals surface area (Å²) in [5, 5.41) is 2.11. The molecule has 110 valence electrons. The monoisotopic (exact) mass is 292 g/mol. The van der Waals surface area contributed by atoms with Crippen LogP contribution in [0.1, 0.15) is 44.7 Å². The molecule has 4 nitrogen and oxygen atoms in total. The molecule has 0 aliphatic carbocycles. The zero-order chi connectivity index (χ0) is 13.9. The molecule has 5 heteroatoms. The molecule has 1 aliphatic heterocycles. The van der Waals surface area contributed by atoms with Gasteiger partial charge in [-0.15, -0.1) is 11.3 Å². The molecule has 1 unspecified atom stereocenters. The van der Waals surface area contributed by atoms with Crippen LogP contribution in [-0.4, -0.2) is 28.5 Å². The van der Waals surface area contributed by atoms with Crippen LogP contribution in [0.4, 0.5) is 5.82 Å². The van der Waals surface area contributed by atoms with Crippen molar-refractivity contribution >= 4 is 22.1 Å². The minimum atomic E-state index is 0.223. The summed E-state index contributed by atoms with van der Waals surface area (Å²) in [5.41, 5.74) is 7.50. The summed E-state index contributed by atoms with van der Waals surface area (Å²) >= 11 is 1.71. The Balaban J connectivity index is 1.95. The normalized spacial score (nSPS) is 18.4. The molecule has 0 bridgehead atoms. The standard InChI is InChI=1S/C15H24N4S/c1-2-12(16)11-13-14(17-15-19(13)9-10-20-15)18-7-5-3-4-6-8-18/h9-10,12H,2-8,11,16H2,1H3. The molecule has 0 aromatic carbocycles. The molecule has 1 fully saturated rings. The van der Waals surface area contributed by atoms with Crippen LogP contribution in [0.25, 0.3) is 4.96 Å². The molecule has 2 aromatic heterocycles. The van der Waals surface area contributed by atoms with E-state index >= 15 is 0 Å². The van der Waals surface area contributed by atoms with Gasteiger partial charge in [0.15, 0.2) is 10.8 Å². The van der Waals surface area contributed by atoms with Crippen LogP contribution in [0.15, 0.2) is 11.6 Å². The topological polar surface area (TPSA) is 46.6 Å². The quantitative estimate of drug-likeness (QED) is 0.942. The van der Waals surface area contributed by atoms with Crippen molar-refractivity contribution in [1.29, 1.82) is 0 Å². The molecule has 2 N–H and O–H groups in total. The number of nitrogens with two attached hydrogens (primary N) is 1. The van der Waals surface area contributed by atoms with Crippen molar-refractivity contribution in [3.05, 3.63) is 17.3 Å². The second-order valence-electron chi connectivity index (χ2n) is 5.71. The van der Waals surface area contributed by atoms with E-state index in [9.17, 15) is 0 Å². The van der Waals surface area contributed by atoms with Gasteiger partial charge in [-0.2, -0.15) is 0 Å². The van der Waals surface area contributed by atoms with Gasteiger partial charge in [-0.1, -0.05) is 19.8 Å². The highest BCUT2D eigenvalue weighted by Crippen LogP contribution is 2.27. The Kier molecular flexibility index (Phi) is 4.27. The molecule has 2 aromatic rings. The van der Waals surface area contributed by atoms with E-state index in [2.05, 4.69) is 27.8 Å². The van der Waals surface area contributed by atoms with Gasteiger partial charge in [0.2, 0.25) is 0 Å². The molecule has 20 heavy (non-hydrogen) atoms.